The Balaban J connectivity index is 1.09. The van der Waals surface area contributed by atoms with E-state index in [4.69, 9.17) is 0 Å². The van der Waals surface area contributed by atoms with Gasteiger partial charge >= 0.3 is 0 Å². The van der Waals surface area contributed by atoms with Gasteiger partial charge < -0.3 is 0 Å². The van der Waals surface area contributed by atoms with Crippen LogP contribution in [-0.4, -0.2) is 0 Å². The maximum atomic E-state index is 2.38. The zero-order valence-electron chi connectivity index (χ0n) is 16.9. The monoisotopic (exact) mass is 350 g/mol. The van der Waals surface area contributed by atoms with Crippen LogP contribution in [0, 0.1) is 28.6 Å². The highest BCUT2D eigenvalue weighted by Gasteiger charge is 2.68. The molecule has 2 bridgehead atoms. The van der Waals surface area contributed by atoms with Crippen LogP contribution < -0.4 is 0 Å². The standard InChI is InChI=1S/C26H38/c1-2-16-25-17-26(18-25,19-25)24-14-12-23(13-15-24)22-10-8-21(9-11-22)20-6-4-3-5-7-20/h3-7,21-24H,2,8-19H2,1H3/t21-,22-,23?,24?,25?,26?. The van der Waals surface area contributed by atoms with Crippen molar-refractivity contribution < 1.29 is 0 Å². The maximum absolute atomic E-state index is 2.38. The van der Waals surface area contributed by atoms with E-state index >= 15 is 0 Å². The SMILES string of the molecule is CCCC12CC(C3CCC([C@H]4CC[C@H](c5ccccc5)CC4)CC3)(C1)C2. The third kappa shape index (κ3) is 2.87. The molecule has 5 aliphatic rings. The van der Waals surface area contributed by atoms with E-state index in [9.17, 15) is 0 Å². The molecule has 5 saturated carbocycles. The van der Waals surface area contributed by atoms with Crippen molar-refractivity contribution >= 4 is 0 Å². The second-order valence-electron chi connectivity index (χ2n) is 10.8. The first-order valence-electron chi connectivity index (χ1n) is 11.8. The lowest BCUT2D eigenvalue weighted by molar-refractivity contribution is -0.246. The molecule has 0 atom stereocenters. The molecule has 0 heteroatoms. The lowest BCUT2D eigenvalue weighted by Crippen LogP contribution is -2.65. The van der Waals surface area contributed by atoms with Crippen molar-refractivity contribution in [3.05, 3.63) is 35.9 Å². The summed E-state index contributed by atoms with van der Waals surface area (Å²) in [4.78, 5) is 0. The van der Waals surface area contributed by atoms with Gasteiger partial charge in [0.2, 0.25) is 0 Å². The quantitative estimate of drug-likeness (QED) is 0.509. The fraction of sp³-hybridized carbons (Fsp3) is 0.769. The van der Waals surface area contributed by atoms with Gasteiger partial charge in [-0.05, 0) is 117 Å². The Kier molecular flexibility index (Phi) is 4.45. The molecule has 0 heterocycles. The molecule has 0 amide bonds. The lowest BCUT2D eigenvalue weighted by atomic mass is 9.30. The Morgan fingerprint density at radius 3 is 1.92 bits per heavy atom. The molecule has 26 heavy (non-hydrogen) atoms. The molecule has 0 radical (unpaired) electrons. The van der Waals surface area contributed by atoms with Crippen molar-refractivity contribution in [1.82, 2.24) is 0 Å². The van der Waals surface area contributed by atoms with Gasteiger partial charge in [0.15, 0.2) is 0 Å². The maximum Gasteiger partial charge on any atom is -0.0162 e. The van der Waals surface area contributed by atoms with Gasteiger partial charge in [0.25, 0.3) is 0 Å². The van der Waals surface area contributed by atoms with Crippen molar-refractivity contribution in [2.45, 2.75) is 96.3 Å². The number of rotatable bonds is 5. The average Bonchev–Trinajstić information content (AvgIpc) is 2.65. The van der Waals surface area contributed by atoms with Gasteiger partial charge in [-0.15, -0.1) is 0 Å². The van der Waals surface area contributed by atoms with Gasteiger partial charge in [0.05, 0.1) is 0 Å². The zero-order chi connectivity index (χ0) is 17.6. The van der Waals surface area contributed by atoms with Gasteiger partial charge in [-0.2, -0.15) is 0 Å². The highest BCUT2D eigenvalue weighted by Crippen LogP contribution is 2.79. The number of benzene rings is 1. The molecule has 0 N–H and O–H groups in total. The van der Waals surface area contributed by atoms with E-state index in [1.165, 1.54) is 38.5 Å². The van der Waals surface area contributed by atoms with Crippen LogP contribution in [0.3, 0.4) is 0 Å². The molecular weight excluding hydrogens is 312 g/mol. The second kappa shape index (κ2) is 6.68. The van der Waals surface area contributed by atoms with Crippen LogP contribution in [0.4, 0.5) is 0 Å². The van der Waals surface area contributed by atoms with Gasteiger partial charge in [0, 0.05) is 0 Å². The molecule has 0 spiro atoms. The molecule has 0 saturated heterocycles. The van der Waals surface area contributed by atoms with Crippen LogP contribution in [0.5, 0.6) is 0 Å². The normalized spacial score (nSPS) is 44.8. The third-order valence-corrected chi connectivity index (χ3v) is 9.31. The topological polar surface area (TPSA) is 0 Å². The summed E-state index contributed by atoms with van der Waals surface area (Å²) in [7, 11) is 0. The molecule has 0 nitrogen and oxygen atoms in total. The lowest BCUT2D eigenvalue weighted by Gasteiger charge is -2.75. The summed E-state index contributed by atoms with van der Waals surface area (Å²) in [5, 5.41) is 0. The van der Waals surface area contributed by atoms with E-state index in [1.54, 1.807) is 50.5 Å². The summed E-state index contributed by atoms with van der Waals surface area (Å²) in [6.45, 7) is 2.38. The van der Waals surface area contributed by atoms with Gasteiger partial charge in [-0.3, -0.25) is 0 Å². The Labute approximate surface area is 161 Å². The fourth-order valence-corrected chi connectivity index (χ4v) is 8.17. The third-order valence-electron chi connectivity index (χ3n) is 9.31. The molecule has 5 aliphatic carbocycles. The Hall–Kier alpha value is -0.780. The van der Waals surface area contributed by atoms with Crippen LogP contribution in [0.2, 0.25) is 0 Å². The van der Waals surface area contributed by atoms with Crippen LogP contribution in [-0.2, 0) is 0 Å². The van der Waals surface area contributed by atoms with Crippen molar-refractivity contribution in [2.24, 2.45) is 28.6 Å². The molecule has 6 rings (SSSR count). The Morgan fingerprint density at radius 1 is 0.769 bits per heavy atom. The van der Waals surface area contributed by atoms with Crippen molar-refractivity contribution in [3.63, 3.8) is 0 Å². The molecule has 5 fully saturated rings. The molecule has 0 aliphatic heterocycles. The molecule has 0 aromatic heterocycles. The van der Waals surface area contributed by atoms with E-state index in [1.807, 2.05) is 0 Å². The predicted octanol–water partition coefficient (Wildman–Crippen LogP) is 7.74. The zero-order valence-corrected chi connectivity index (χ0v) is 16.9. The summed E-state index contributed by atoms with van der Waals surface area (Å²) in [5.41, 5.74) is 3.30. The molecular formula is C26H38. The highest BCUT2D eigenvalue weighted by molar-refractivity contribution is 5.20. The minimum absolute atomic E-state index is 0.847. The van der Waals surface area contributed by atoms with Gasteiger partial charge in [0.1, 0.15) is 0 Å². The van der Waals surface area contributed by atoms with Gasteiger partial charge in [-0.25, -0.2) is 0 Å². The molecule has 1 aromatic rings. The minimum atomic E-state index is 0.847. The summed E-state index contributed by atoms with van der Waals surface area (Å²) >= 11 is 0. The van der Waals surface area contributed by atoms with Crippen molar-refractivity contribution in [2.75, 3.05) is 0 Å². The van der Waals surface area contributed by atoms with Crippen LogP contribution in [0.15, 0.2) is 30.3 Å². The Morgan fingerprint density at radius 2 is 1.35 bits per heavy atom. The van der Waals surface area contributed by atoms with E-state index < -0.39 is 0 Å². The van der Waals surface area contributed by atoms with E-state index in [0.717, 1.165) is 34.5 Å². The highest BCUT2D eigenvalue weighted by atomic mass is 14.7. The molecule has 0 unspecified atom stereocenters. The second-order valence-corrected chi connectivity index (χ2v) is 10.8. The molecule has 1 aromatic carbocycles. The first-order valence-corrected chi connectivity index (χ1v) is 11.8. The first-order chi connectivity index (χ1) is 12.7. The van der Waals surface area contributed by atoms with Crippen LogP contribution in [0.1, 0.15) is 102 Å². The van der Waals surface area contributed by atoms with Crippen molar-refractivity contribution in [3.8, 4) is 0 Å². The van der Waals surface area contributed by atoms with Gasteiger partial charge in [-0.1, -0.05) is 43.7 Å². The summed E-state index contributed by atoms with van der Waals surface area (Å²) in [6.07, 6.45) is 19.9. The van der Waals surface area contributed by atoms with E-state index in [2.05, 4.69) is 37.3 Å². The predicted molar refractivity (Wildman–Crippen MR) is 110 cm³/mol. The van der Waals surface area contributed by atoms with E-state index in [-0.39, 0.29) is 0 Å². The summed E-state index contributed by atoms with van der Waals surface area (Å²) in [6, 6.07) is 11.3. The van der Waals surface area contributed by atoms with Crippen LogP contribution in [0.25, 0.3) is 0 Å². The van der Waals surface area contributed by atoms with Crippen LogP contribution >= 0.6 is 0 Å². The number of hydrogen-bond acceptors (Lipinski definition) is 0. The Bertz CT molecular complexity index is 578. The van der Waals surface area contributed by atoms with E-state index in [0.29, 0.717) is 0 Å². The molecule has 142 valence electrons. The first kappa shape index (κ1) is 17.3. The minimum Gasteiger partial charge on any atom is -0.0654 e. The van der Waals surface area contributed by atoms with Crippen molar-refractivity contribution in [1.29, 1.82) is 0 Å². The summed E-state index contributed by atoms with van der Waals surface area (Å²) < 4.78 is 0. The summed E-state index contributed by atoms with van der Waals surface area (Å²) in [5.74, 6) is 4.08. The average molecular weight is 351 g/mol. The smallest absolute Gasteiger partial charge is 0.0162 e. The fourth-order valence-electron chi connectivity index (χ4n) is 8.17. The largest absolute Gasteiger partial charge is 0.0654 e. The number of hydrogen-bond donors (Lipinski definition) is 0.